The predicted molar refractivity (Wildman–Crippen MR) is 98.9 cm³/mol. The first-order chi connectivity index (χ1) is 12.4. The summed E-state index contributed by atoms with van der Waals surface area (Å²) in [6.07, 6.45) is 1.61. The monoisotopic (exact) mass is 376 g/mol. The Hall–Kier alpha value is -3.13. The third-order valence-electron chi connectivity index (χ3n) is 3.52. The van der Waals surface area contributed by atoms with E-state index in [0.717, 1.165) is 4.57 Å². The van der Waals surface area contributed by atoms with Gasteiger partial charge in [-0.3, -0.25) is 19.1 Å². The molecule has 3 N–H and O–H groups in total. The zero-order chi connectivity index (χ0) is 19.3. The van der Waals surface area contributed by atoms with E-state index in [-0.39, 0.29) is 34.8 Å². The van der Waals surface area contributed by atoms with Crippen molar-refractivity contribution in [3.63, 3.8) is 0 Å². The lowest BCUT2D eigenvalue weighted by atomic mass is 10.1. The van der Waals surface area contributed by atoms with Gasteiger partial charge in [0.15, 0.2) is 0 Å². The number of aromatic nitrogens is 2. The van der Waals surface area contributed by atoms with Gasteiger partial charge in [0.1, 0.15) is 5.56 Å². The Morgan fingerprint density at radius 1 is 1.42 bits per heavy atom. The van der Waals surface area contributed by atoms with Gasteiger partial charge in [-0.25, -0.2) is 10.2 Å². The maximum Gasteiger partial charge on any atom is 0.331 e. The summed E-state index contributed by atoms with van der Waals surface area (Å²) in [5, 5.41) is 14.5. The zero-order valence-corrected chi connectivity index (χ0v) is 14.7. The summed E-state index contributed by atoms with van der Waals surface area (Å²) in [4.78, 5) is 38.2. The molecule has 0 saturated carbocycles. The lowest BCUT2D eigenvalue weighted by Gasteiger charge is -2.11. The van der Waals surface area contributed by atoms with Crippen molar-refractivity contribution in [1.82, 2.24) is 15.0 Å². The molecule has 1 amide bonds. The Morgan fingerprint density at radius 2 is 2.12 bits per heavy atom. The first kappa shape index (κ1) is 19.2. The topological polar surface area (TPSA) is 117 Å². The molecule has 0 aliphatic rings. The molecule has 1 heterocycles. The molecule has 8 nitrogen and oxygen atoms in total. The molecule has 136 valence electrons. The molecule has 2 aromatic rings. The fraction of sp³-hybridized carbons (Fsp3) is 0.176. The van der Waals surface area contributed by atoms with Gasteiger partial charge in [-0.1, -0.05) is 36.7 Å². The van der Waals surface area contributed by atoms with Gasteiger partial charge in [-0.05, 0) is 18.6 Å². The summed E-state index contributed by atoms with van der Waals surface area (Å²) >= 11 is 5.96. The van der Waals surface area contributed by atoms with Crippen LogP contribution < -0.4 is 16.7 Å². The molecule has 2 rings (SSSR count). The van der Waals surface area contributed by atoms with E-state index in [2.05, 4.69) is 22.1 Å². The van der Waals surface area contributed by atoms with E-state index in [1.165, 1.54) is 12.1 Å². The third kappa shape index (κ3) is 3.92. The summed E-state index contributed by atoms with van der Waals surface area (Å²) in [6, 6.07) is 6.41. The van der Waals surface area contributed by atoms with Crippen LogP contribution in [-0.2, 0) is 6.54 Å². The maximum atomic E-state index is 12.2. The number of rotatable bonds is 6. The van der Waals surface area contributed by atoms with E-state index in [1.54, 1.807) is 25.1 Å². The molecule has 26 heavy (non-hydrogen) atoms. The first-order valence-corrected chi connectivity index (χ1v) is 8.07. The number of benzene rings is 1. The molecule has 0 fully saturated rings. The van der Waals surface area contributed by atoms with Crippen LogP contribution in [0.2, 0.25) is 5.02 Å². The van der Waals surface area contributed by atoms with E-state index in [9.17, 15) is 19.5 Å². The van der Waals surface area contributed by atoms with E-state index in [4.69, 9.17) is 11.6 Å². The summed E-state index contributed by atoms with van der Waals surface area (Å²) in [5.74, 6) is -1.12. The normalized spacial score (nSPS) is 11.2. The Kier molecular flexibility index (Phi) is 6.13. The molecule has 9 heteroatoms. The minimum Gasteiger partial charge on any atom is -0.494 e. The minimum absolute atomic E-state index is 0.00256. The van der Waals surface area contributed by atoms with Gasteiger partial charge in [-0.15, -0.1) is 6.58 Å². The van der Waals surface area contributed by atoms with Gasteiger partial charge >= 0.3 is 5.69 Å². The average Bonchev–Trinajstić information content (AvgIpc) is 2.61. The number of nitrogens with zero attached hydrogens (tertiary/aromatic N) is 2. The van der Waals surface area contributed by atoms with Crippen LogP contribution >= 0.6 is 11.6 Å². The number of hydrogen-bond acceptors (Lipinski definition) is 5. The molecule has 0 saturated heterocycles. The lowest BCUT2D eigenvalue weighted by Crippen LogP contribution is -2.34. The van der Waals surface area contributed by atoms with Gasteiger partial charge in [0.2, 0.25) is 5.88 Å². The molecule has 0 bridgehead atoms. The van der Waals surface area contributed by atoms with Crippen LogP contribution in [0.25, 0.3) is 0 Å². The number of aromatic amines is 1. The third-order valence-corrected chi connectivity index (χ3v) is 3.85. The van der Waals surface area contributed by atoms with Crippen molar-refractivity contribution < 1.29 is 9.90 Å². The van der Waals surface area contributed by atoms with Crippen LogP contribution in [0, 0.1) is 0 Å². The van der Waals surface area contributed by atoms with Crippen LogP contribution in [0.4, 0.5) is 0 Å². The highest BCUT2D eigenvalue weighted by molar-refractivity contribution is 6.33. The molecule has 1 aromatic heterocycles. The van der Waals surface area contributed by atoms with E-state index in [0.29, 0.717) is 0 Å². The SMILES string of the molecule is C=CCn1c(O)c(/C(CC)=N\NC(=O)c2ccccc2Cl)c(=O)[nH]c1=O. The standard InChI is InChI=1S/C17H17ClN4O4/c1-3-9-22-16(25)13(15(24)19-17(22)26)12(4-2)20-21-14(23)10-7-5-6-8-11(10)18/h3,5-8,25H,1,4,9H2,2H3,(H,21,23)(H,19,24,26)/b20-12-. The van der Waals surface area contributed by atoms with Crippen molar-refractivity contribution >= 4 is 23.2 Å². The smallest absolute Gasteiger partial charge is 0.331 e. The fourth-order valence-electron chi connectivity index (χ4n) is 2.25. The minimum atomic E-state index is -0.805. The van der Waals surface area contributed by atoms with Gasteiger partial charge in [0.05, 0.1) is 16.3 Å². The summed E-state index contributed by atoms with van der Waals surface area (Å²) < 4.78 is 0.935. The highest BCUT2D eigenvalue weighted by Gasteiger charge is 2.18. The second-order valence-corrected chi connectivity index (χ2v) is 5.60. The van der Waals surface area contributed by atoms with Gasteiger partial charge in [0.25, 0.3) is 11.5 Å². The predicted octanol–water partition coefficient (Wildman–Crippen LogP) is 1.63. The Balaban J connectivity index is 2.44. The number of allylic oxidation sites excluding steroid dienone is 1. The van der Waals surface area contributed by atoms with Crippen LogP contribution in [0.5, 0.6) is 5.88 Å². The molecule has 0 radical (unpaired) electrons. The van der Waals surface area contributed by atoms with Gasteiger partial charge in [0, 0.05) is 6.54 Å². The van der Waals surface area contributed by atoms with Crippen LogP contribution in [0.3, 0.4) is 0 Å². The number of aromatic hydroxyl groups is 1. The summed E-state index contributed by atoms with van der Waals surface area (Å²) in [6.45, 7) is 5.17. The van der Waals surface area contributed by atoms with E-state index >= 15 is 0 Å². The van der Waals surface area contributed by atoms with Crippen LogP contribution in [0.15, 0.2) is 51.6 Å². The van der Waals surface area contributed by atoms with E-state index in [1.807, 2.05) is 0 Å². The number of hydrogen-bond donors (Lipinski definition) is 3. The zero-order valence-electron chi connectivity index (χ0n) is 14.0. The van der Waals surface area contributed by atoms with Crippen molar-refractivity contribution in [3.05, 3.63) is 73.9 Å². The molecular weight excluding hydrogens is 360 g/mol. The first-order valence-electron chi connectivity index (χ1n) is 7.69. The number of carbonyl (C=O) groups is 1. The van der Waals surface area contributed by atoms with Crippen molar-refractivity contribution in [2.24, 2.45) is 5.10 Å². The number of hydrazone groups is 1. The molecule has 1 aromatic carbocycles. The van der Waals surface area contributed by atoms with Crippen molar-refractivity contribution in [2.75, 3.05) is 0 Å². The molecule has 0 aliphatic heterocycles. The Bertz CT molecular complexity index is 991. The highest BCUT2D eigenvalue weighted by Crippen LogP contribution is 2.15. The van der Waals surface area contributed by atoms with E-state index < -0.39 is 23.0 Å². The summed E-state index contributed by atoms with van der Waals surface area (Å²) in [7, 11) is 0. The molecule has 0 unspecified atom stereocenters. The quantitative estimate of drug-likeness (QED) is 0.403. The molecule has 0 spiro atoms. The molecule has 0 atom stereocenters. The summed E-state index contributed by atoms with van der Waals surface area (Å²) in [5.41, 5.74) is 0.836. The van der Waals surface area contributed by atoms with Crippen LogP contribution in [0.1, 0.15) is 29.3 Å². The second kappa shape index (κ2) is 8.30. The number of halogens is 1. The maximum absolute atomic E-state index is 12.2. The molecule has 0 aliphatic carbocycles. The van der Waals surface area contributed by atoms with Crippen molar-refractivity contribution in [1.29, 1.82) is 0 Å². The number of amides is 1. The Morgan fingerprint density at radius 3 is 2.73 bits per heavy atom. The van der Waals surface area contributed by atoms with Crippen molar-refractivity contribution in [2.45, 2.75) is 19.9 Å². The largest absolute Gasteiger partial charge is 0.494 e. The Labute approximate surface area is 153 Å². The highest BCUT2D eigenvalue weighted by atomic mass is 35.5. The number of H-pyrrole nitrogens is 1. The number of carbonyl (C=O) groups excluding carboxylic acids is 1. The van der Waals surface area contributed by atoms with Crippen LogP contribution in [-0.4, -0.2) is 26.3 Å². The second-order valence-electron chi connectivity index (χ2n) is 5.19. The van der Waals surface area contributed by atoms with Gasteiger partial charge in [-0.2, -0.15) is 5.10 Å². The van der Waals surface area contributed by atoms with Gasteiger partial charge < -0.3 is 5.11 Å². The molecular formula is C17H17ClN4O4. The van der Waals surface area contributed by atoms with Crippen molar-refractivity contribution in [3.8, 4) is 5.88 Å². The average molecular weight is 377 g/mol. The lowest BCUT2D eigenvalue weighted by molar-refractivity contribution is 0.0955. The number of nitrogens with one attached hydrogen (secondary N) is 2. The fourth-order valence-corrected chi connectivity index (χ4v) is 2.48.